The third-order valence-corrected chi connectivity index (χ3v) is 4.79. The van der Waals surface area contributed by atoms with Crippen molar-refractivity contribution in [3.8, 4) is 11.3 Å². The molecule has 0 aliphatic heterocycles. The van der Waals surface area contributed by atoms with Crippen molar-refractivity contribution in [2.75, 3.05) is 11.9 Å². The molecule has 0 aliphatic rings. The summed E-state index contributed by atoms with van der Waals surface area (Å²) in [4.78, 5) is 21.2. The van der Waals surface area contributed by atoms with Crippen LogP contribution in [0.3, 0.4) is 0 Å². The van der Waals surface area contributed by atoms with Crippen LogP contribution in [0.1, 0.15) is 17.5 Å². The molecule has 1 unspecified atom stereocenters. The predicted molar refractivity (Wildman–Crippen MR) is 111 cm³/mol. The summed E-state index contributed by atoms with van der Waals surface area (Å²) < 4.78 is 20.4. The Kier molecular flexibility index (Phi) is 5.74. The molecule has 11 heteroatoms. The maximum absolute atomic E-state index is 13.8. The van der Waals surface area contributed by atoms with Crippen LogP contribution in [0.4, 0.5) is 16.4 Å². The number of anilines is 2. The number of nitrogens with zero attached hydrogens (tertiary/aromatic N) is 5. The van der Waals surface area contributed by atoms with Crippen molar-refractivity contribution in [3.05, 3.63) is 81.4 Å². The Hall–Kier alpha value is -3.63. The number of rotatable bonds is 6. The fraction of sp³-hybridized carbons (Fsp3) is 0.150. The van der Waals surface area contributed by atoms with Gasteiger partial charge in [0, 0.05) is 30.9 Å². The van der Waals surface area contributed by atoms with Crippen LogP contribution < -0.4 is 10.9 Å². The summed E-state index contributed by atoms with van der Waals surface area (Å²) in [6.07, 6.45) is 3.04. The van der Waals surface area contributed by atoms with Crippen molar-refractivity contribution < 1.29 is 13.9 Å². The molecule has 3 heterocycles. The van der Waals surface area contributed by atoms with E-state index in [2.05, 4.69) is 25.5 Å². The molecular formula is C20H16ClFN6O3. The van der Waals surface area contributed by atoms with Crippen LogP contribution in [0.25, 0.3) is 11.3 Å². The summed E-state index contributed by atoms with van der Waals surface area (Å²) in [7, 11) is 0. The molecule has 4 aromatic rings. The first-order valence-corrected chi connectivity index (χ1v) is 9.51. The van der Waals surface area contributed by atoms with Crippen molar-refractivity contribution in [3.63, 3.8) is 0 Å². The van der Waals surface area contributed by atoms with E-state index in [9.17, 15) is 14.3 Å². The van der Waals surface area contributed by atoms with Gasteiger partial charge in [0.1, 0.15) is 5.82 Å². The van der Waals surface area contributed by atoms with Crippen molar-refractivity contribution in [1.29, 1.82) is 0 Å². The van der Waals surface area contributed by atoms with Crippen LogP contribution >= 0.6 is 11.6 Å². The summed E-state index contributed by atoms with van der Waals surface area (Å²) in [6, 6.07) is 8.20. The van der Waals surface area contributed by atoms with E-state index < -0.39 is 24.0 Å². The second-order valence-electron chi connectivity index (χ2n) is 6.55. The highest BCUT2D eigenvalue weighted by atomic mass is 35.5. The van der Waals surface area contributed by atoms with Gasteiger partial charge in [0.2, 0.25) is 11.8 Å². The highest BCUT2D eigenvalue weighted by Gasteiger charge is 2.17. The van der Waals surface area contributed by atoms with Crippen molar-refractivity contribution in [2.24, 2.45) is 0 Å². The van der Waals surface area contributed by atoms with Crippen LogP contribution in [-0.4, -0.2) is 36.4 Å². The quantitative estimate of drug-likeness (QED) is 0.467. The van der Waals surface area contributed by atoms with Gasteiger partial charge in [-0.25, -0.2) is 14.4 Å². The Balaban J connectivity index is 1.63. The highest BCUT2D eigenvalue weighted by Crippen LogP contribution is 2.23. The molecule has 0 radical (unpaired) electrons. The third-order valence-electron chi connectivity index (χ3n) is 4.48. The number of aliphatic hydroxyl groups is 1. The summed E-state index contributed by atoms with van der Waals surface area (Å²) in [6.45, 7) is 1.26. The summed E-state index contributed by atoms with van der Waals surface area (Å²) in [5.41, 5.74) is 1.04. The van der Waals surface area contributed by atoms with Crippen molar-refractivity contribution >= 4 is 23.6 Å². The molecule has 158 valence electrons. The minimum Gasteiger partial charge on any atom is -0.408 e. The molecule has 3 aromatic heterocycles. The first kappa shape index (κ1) is 20.6. The maximum Gasteiger partial charge on any atom is 0.322 e. The predicted octanol–water partition coefficient (Wildman–Crippen LogP) is 3.11. The van der Waals surface area contributed by atoms with Crippen molar-refractivity contribution in [2.45, 2.75) is 13.0 Å². The van der Waals surface area contributed by atoms with Gasteiger partial charge in [0.15, 0.2) is 0 Å². The molecule has 0 aliphatic carbocycles. The van der Waals surface area contributed by atoms with Crippen LogP contribution in [0.5, 0.6) is 0 Å². The number of aromatic nitrogens is 5. The normalized spacial score (nSPS) is 12.0. The van der Waals surface area contributed by atoms with E-state index in [4.69, 9.17) is 16.0 Å². The zero-order chi connectivity index (χ0) is 22.0. The lowest BCUT2D eigenvalue weighted by Crippen LogP contribution is -2.27. The molecule has 31 heavy (non-hydrogen) atoms. The molecule has 1 aromatic carbocycles. The first-order valence-electron chi connectivity index (χ1n) is 9.13. The number of hydrogen-bond donors (Lipinski definition) is 2. The number of halogens is 2. The Morgan fingerprint density at radius 3 is 2.77 bits per heavy atom. The zero-order valence-corrected chi connectivity index (χ0v) is 16.9. The Labute approximate surface area is 180 Å². The van der Waals surface area contributed by atoms with Gasteiger partial charge in [0.25, 0.3) is 5.56 Å². The van der Waals surface area contributed by atoms with Gasteiger partial charge in [0.05, 0.1) is 23.4 Å². The van der Waals surface area contributed by atoms with Crippen LogP contribution in [-0.2, 0) is 0 Å². The molecule has 9 nitrogen and oxygen atoms in total. The van der Waals surface area contributed by atoms with Gasteiger partial charge >= 0.3 is 6.01 Å². The van der Waals surface area contributed by atoms with E-state index in [1.165, 1.54) is 35.2 Å². The largest absolute Gasteiger partial charge is 0.408 e. The van der Waals surface area contributed by atoms with Crippen LogP contribution in [0.15, 0.2) is 58.0 Å². The molecule has 0 saturated heterocycles. The number of aryl methyl sites for hydroxylation is 1. The lowest BCUT2D eigenvalue weighted by Gasteiger charge is -2.18. The standard InChI is InChI=1S/C20H16ClFN6O3/c1-11-26-27-20(31-11)25-19-23-6-4-16(24-19)12-5-7-28(18(30)9-12)17(10-29)13-2-3-14(21)15(22)8-13/h2-9,17,29H,10H2,1H3,(H,23,24,25,27). The van der Waals surface area contributed by atoms with Gasteiger partial charge in [-0.2, -0.15) is 0 Å². The number of hydrogen-bond acceptors (Lipinski definition) is 8. The van der Waals surface area contributed by atoms with E-state index in [1.54, 1.807) is 25.1 Å². The third kappa shape index (κ3) is 4.44. The molecular weight excluding hydrogens is 427 g/mol. The molecule has 0 bridgehead atoms. The Bertz CT molecular complexity index is 1290. The molecule has 0 saturated carbocycles. The average molecular weight is 443 g/mol. The first-order chi connectivity index (χ1) is 14.9. The summed E-state index contributed by atoms with van der Waals surface area (Å²) in [5.74, 6) is -0.0174. The van der Waals surface area contributed by atoms with E-state index in [0.717, 1.165) is 0 Å². The van der Waals surface area contributed by atoms with E-state index >= 15 is 0 Å². The van der Waals surface area contributed by atoms with Crippen molar-refractivity contribution in [1.82, 2.24) is 24.7 Å². The molecule has 1 atom stereocenters. The number of benzene rings is 1. The fourth-order valence-electron chi connectivity index (χ4n) is 3.00. The van der Waals surface area contributed by atoms with Gasteiger partial charge in [-0.1, -0.05) is 22.8 Å². The summed E-state index contributed by atoms with van der Waals surface area (Å²) >= 11 is 5.72. The fourth-order valence-corrected chi connectivity index (χ4v) is 3.12. The lowest BCUT2D eigenvalue weighted by atomic mass is 10.1. The molecule has 4 rings (SSSR count). The molecule has 0 amide bonds. The van der Waals surface area contributed by atoms with E-state index in [0.29, 0.717) is 22.7 Å². The maximum atomic E-state index is 13.8. The lowest BCUT2D eigenvalue weighted by molar-refractivity contribution is 0.247. The highest BCUT2D eigenvalue weighted by molar-refractivity contribution is 6.30. The van der Waals surface area contributed by atoms with E-state index in [-0.39, 0.29) is 17.0 Å². The second kappa shape index (κ2) is 8.62. The molecule has 0 spiro atoms. The smallest absolute Gasteiger partial charge is 0.322 e. The summed E-state index contributed by atoms with van der Waals surface area (Å²) in [5, 5.41) is 20.1. The van der Waals surface area contributed by atoms with E-state index in [1.807, 2.05) is 0 Å². The molecule has 0 fully saturated rings. The van der Waals surface area contributed by atoms with Crippen LogP contribution in [0, 0.1) is 12.7 Å². The number of nitrogens with one attached hydrogen (secondary N) is 1. The topological polar surface area (TPSA) is 119 Å². The average Bonchev–Trinajstić information content (AvgIpc) is 3.17. The monoisotopic (exact) mass is 442 g/mol. The minimum atomic E-state index is -0.767. The SMILES string of the molecule is Cc1nnc(Nc2nccc(-c3ccn(C(CO)c4ccc(Cl)c(F)c4)c(=O)c3)n2)o1. The Morgan fingerprint density at radius 1 is 1.26 bits per heavy atom. The number of pyridine rings is 1. The van der Waals surface area contributed by atoms with Gasteiger partial charge in [-0.05, 0) is 29.8 Å². The van der Waals surface area contributed by atoms with Gasteiger partial charge in [-0.3, -0.25) is 10.1 Å². The van der Waals surface area contributed by atoms with Crippen LogP contribution in [0.2, 0.25) is 5.02 Å². The molecule has 2 N–H and O–H groups in total. The second-order valence-corrected chi connectivity index (χ2v) is 6.96. The minimum absolute atomic E-state index is 0.0352. The van der Waals surface area contributed by atoms with Gasteiger partial charge < -0.3 is 14.1 Å². The Morgan fingerprint density at radius 2 is 2.10 bits per heavy atom. The number of aliphatic hydroxyl groups excluding tert-OH is 1. The van der Waals surface area contributed by atoms with Gasteiger partial charge in [-0.15, -0.1) is 5.10 Å². The zero-order valence-electron chi connectivity index (χ0n) is 16.2.